The molecule has 0 bridgehead atoms. The number of aromatic nitrogens is 5. The highest BCUT2D eigenvalue weighted by Crippen LogP contribution is 2.19. The van der Waals surface area contributed by atoms with E-state index in [2.05, 4.69) is 20.0 Å². The molecule has 3 aromatic rings. The van der Waals surface area contributed by atoms with Crippen LogP contribution in [-0.4, -0.2) is 48.8 Å². The zero-order chi connectivity index (χ0) is 18.5. The molecule has 1 saturated heterocycles. The van der Waals surface area contributed by atoms with Gasteiger partial charge in [-0.1, -0.05) is 0 Å². The zero-order valence-corrected chi connectivity index (χ0v) is 15.3. The molecule has 140 valence electrons. The van der Waals surface area contributed by atoms with Crippen LogP contribution in [0.3, 0.4) is 0 Å². The van der Waals surface area contributed by atoms with Gasteiger partial charge in [0.25, 0.3) is 5.56 Å². The molecule has 0 spiro atoms. The molecule has 0 radical (unpaired) electrons. The largest absolute Gasteiger partial charge is 0.301 e. The van der Waals surface area contributed by atoms with Crippen LogP contribution in [0.25, 0.3) is 11.3 Å². The highest BCUT2D eigenvalue weighted by molar-refractivity contribution is 5.57. The normalized spacial score (nSPS) is 15.9. The molecule has 1 aliphatic rings. The molecule has 4 heterocycles. The van der Waals surface area contributed by atoms with Crippen LogP contribution in [0.1, 0.15) is 12.8 Å². The SMILES string of the molecule is O=c1cc(-c2ccncc2)ncn1CC1CCN(CCn2cccn2)CC1. The lowest BCUT2D eigenvalue weighted by Crippen LogP contribution is -2.38. The molecule has 27 heavy (non-hydrogen) atoms. The van der Waals surface area contributed by atoms with Crippen LogP contribution < -0.4 is 5.56 Å². The van der Waals surface area contributed by atoms with Crippen LogP contribution in [0.2, 0.25) is 0 Å². The lowest BCUT2D eigenvalue weighted by atomic mass is 9.96. The number of rotatable bonds is 6. The number of piperidine rings is 1. The van der Waals surface area contributed by atoms with Gasteiger partial charge in [-0.2, -0.15) is 5.10 Å². The Morgan fingerprint density at radius 2 is 1.89 bits per heavy atom. The van der Waals surface area contributed by atoms with Crippen LogP contribution in [0.4, 0.5) is 0 Å². The first-order valence-electron chi connectivity index (χ1n) is 9.44. The van der Waals surface area contributed by atoms with E-state index in [1.54, 1.807) is 29.4 Å². The smallest absolute Gasteiger partial charge is 0.253 e. The zero-order valence-electron chi connectivity index (χ0n) is 15.3. The summed E-state index contributed by atoms with van der Waals surface area (Å²) in [7, 11) is 0. The summed E-state index contributed by atoms with van der Waals surface area (Å²) in [5.41, 5.74) is 1.63. The van der Waals surface area contributed by atoms with E-state index in [1.807, 2.05) is 35.3 Å². The first-order chi connectivity index (χ1) is 13.3. The molecule has 1 fully saturated rings. The molecule has 0 atom stereocenters. The maximum absolute atomic E-state index is 12.5. The minimum atomic E-state index is 0.0120. The van der Waals surface area contributed by atoms with Gasteiger partial charge < -0.3 is 4.90 Å². The summed E-state index contributed by atoms with van der Waals surface area (Å²) >= 11 is 0. The summed E-state index contributed by atoms with van der Waals surface area (Å²) in [6.45, 7) is 4.84. The Hall–Kier alpha value is -2.80. The van der Waals surface area contributed by atoms with Gasteiger partial charge in [0.05, 0.1) is 18.6 Å². The minimum absolute atomic E-state index is 0.0120. The van der Waals surface area contributed by atoms with E-state index >= 15 is 0 Å². The fraction of sp³-hybridized carbons (Fsp3) is 0.400. The van der Waals surface area contributed by atoms with Crippen LogP contribution in [0, 0.1) is 5.92 Å². The molecular formula is C20H24N6O. The Labute approximate surface area is 158 Å². The van der Waals surface area contributed by atoms with Gasteiger partial charge in [-0.15, -0.1) is 0 Å². The molecular weight excluding hydrogens is 340 g/mol. The number of hydrogen-bond acceptors (Lipinski definition) is 5. The van der Waals surface area contributed by atoms with Crippen molar-refractivity contribution >= 4 is 0 Å². The average molecular weight is 364 g/mol. The molecule has 4 rings (SSSR count). The van der Waals surface area contributed by atoms with Crippen LogP contribution in [0.15, 0.2) is 60.2 Å². The van der Waals surface area contributed by atoms with E-state index in [-0.39, 0.29) is 5.56 Å². The molecule has 0 N–H and O–H groups in total. The highest BCUT2D eigenvalue weighted by Gasteiger charge is 2.20. The first kappa shape index (κ1) is 17.6. The Bertz CT molecular complexity index is 898. The number of pyridine rings is 1. The van der Waals surface area contributed by atoms with Crippen LogP contribution >= 0.6 is 0 Å². The Kier molecular flexibility index (Phi) is 5.39. The van der Waals surface area contributed by atoms with E-state index in [1.165, 1.54) is 0 Å². The monoisotopic (exact) mass is 364 g/mol. The molecule has 0 saturated carbocycles. The van der Waals surface area contributed by atoms with Crippen molar-refractivity contribution in [3.05, 3.63) is 65.7 Å². The molecule has 3 aromatic heterocycles. The van der Waals surface area contributed by atoms with E-state index in [0.29, 0.717) is 11.6 Å². The van der Waals surface area contributed by atoms with Gasteiger partial charge in [-0.25, -0.2) is 4.98 Å². The standard InChI is InChI=1S/C20H24N6O/c27-20-14-19(18-2-7-21-8-3-18)22-16-25(20)15-17-4-10-24(11-5-17)12-13-26-9-1-6-23-26/h1-3,6-9,14,16-17H,4-5,10-13,15H2. The van der Waals surface area contributed by atoms with E-state index < -0.39 is 0 Å². The predicted octanol–water partition coefficient (Wildman–Crippen LogP) is 1.91. The minimum Gasteiger partial charge on any atom is -0.301 e. The molecule has 0 aliphatic carbocycles. The predicted molar refractivity (Wildman–Crippen MR) is 103 cm³/mol. The van der Waals surface area contributed by atoms with Crippen molar-refractivity contribution in [2.75, 3.05) is 19.6 Å². The van der Waals surface area contributed by atoms with Crippen molar-refractivity contribution in [1.82, 2.24) is 29.2 Å². The number of nitrogens with zero attached hydrogens (tertiary/aromatic N) is 6. The summed E-state index contributed by atoms with van der Waals surface area (Å²) in [4.78, 5) is 23.4. The fourth-order valence-electron chi connectivity index (χ4n) is 3.59. The third-order valence-electron chi connectivity index (χ3n) is 5.22. The molecule has 1 aliphatic heterocycles. The topological polar surface area (TPSA) is 68.8 Å². The van der Waals surface area contributed by atoms with Gasteiger partial charge in [0.2, 0.25) is 0 Å². The van der Waals surface area contributed by atoms with Gasteiger partial charge in [0.1, 0.15) is 0 Å². The molecule has 7 heteroatoms. The van der Waals surface area contributed by atoms with E-state index in [9.17, 15) is 4.79 Å². The summed E-state index contributed by atoms with van der Waals surface area (Å²) < 4.78 is 3.72. The van der Waals surface area contributed by atoms with Gasteiger partial charge in [-0.05, 0) is 50.0 Å². The first-order valence-corrected chi connectivity index (χ1v) is 9.44. The summed E-state index contributed by atoms with van der Waals surface area (Å²) in [6.07, 6.45) is 11.1. The second kappa shape index (κ2) is 8.26. The third kappa shape index (κ3) is 4.49. The molecule has 0 amide bonds. The lowest BCUT2D eigenvalue weighted by molar-refractivity contribution is 0.166. The lowest BCUT2D eigenvalue weighted by Gasteiger charge is -2.32. The average Bonchev–Trinajstić information content (AvgIpc) is 3.23. The van der Waals surface area contributed by atoms with Gasteiger partial charge in [0.15, 0.2) is 0 Å². The third-order valence-corrected chi connectivity index (χ3v) is 5.22. The Morgan fingerprint density at radius 3 is 2.59 bits per heavy atom. The summed E-state index contributed by atoms with van der Waals surface area (Å²) in [6, 6.07) is 7.31. The van der Waals surface area contributed by atoms with Crippen molar-refractivity contribution in [3.8, 4) is 11.3 Å². The Balaban J connectivity index is 1.30. The van der Waals surface area contributed by atoms with Gasteiger partial charge >= 0.3 is 0 Å². The van der Waals surface area contributed by atoms with Crippen molar-refractivity contribution in [1.29, 1.82) is 0 Å². The second-order valence-corrected chi connectivity index (χ2v) is 7.05. The van der Waals surface area contributed by atoms with Gasteiger partial charge in [0, 0.05) is 49.5 Å². The van der Waals surface area contributed by atoms with Crippen molar-refractivity contribution < 1.29 is 0 Å². The van der Waals surface area contributed by atoms with Crippen molar-refractivity contribution in [2.45, 2.75) is 25.9 Å². The maximum atomic E-state index is 12.5. The van der Waals surface area contributed by atoms with Crippen LogP contribution in [-0.2, 0) is 13.1 Å². The second-order valence-electron chi connectivity index (χ2n) is 7.05. The highest BCUT2D eigenvalue weighted by atomic mass is 16.1. The quantitative estimate of drug-likeness (QED) is 0.668. The van der Waals surface area contributed by atoms with E-state index in [0.717, 1.165) is 51.1 Å². The number of likely N-dealkylation sites (tertiary alicyclic amines) is 1. The van der Waals surface area contributed by atoms with Crippen molar-refractivity contribution in [2.24, 2.45) is 5.92 Å². The summed E-state index contributed by atoms with van der Waals surface area (Å²) in [5.74, 6) is 0.525. The summed E-state index contributed by atoms with van der Waals surface area (Å²) in [5, 5.41) is 4.25. The number of hydrogen-bond donors (Lipinski definition) is 0. The fourth-order valence-corrected chi connectivity index (χ4v) is 3.59. The Morgan fingerprint density at radius 1 is 1.07 bits per heavy atom. The maximum Gasteiger partial charge on any atom is 0.253 e. The molecule has 7 nitrogen and oxygen atoms in total. The van der Waals surface area contributed by atoms with Crippen molar-refractivity contribution in [3.63, 3.8) is 0 Å². The molecule has 0 aromatic carbocycles. The van der Waals surface area contributed by atoms with Crippen LogP contribution in [0.5, 0.6) is 0 Å². The van der Waals surface area contributed by atoms with E-state index in [4.69, 9.17) is 0 Å². The molecule has 0 unspecified atom stereocenters. The van der Waals surface area contributed by atoms with Gasteiger partial charge in [-0.3, -0.25) is 19.0 Å².